The van der Waals surface area contributed by atoms with Gasteiger partial charge in [-0.2, -0.15) is 0 Å². The first-order valence-electron chi connectivity index (χ1n) is 6.69. The van der Waals surface area contributed by atoms with Gasteiger partial charge in [-0.25, -0.2) is 0 Å². The molecular formula is C15H14N4O. The lowest BCUT2D eigenvalue weighted by Crippen LogP contribution is -2.03. The summed E-state index contributed by atoms with van der Waals surface area (Å²) < 4.78 is 1.77. The molecule has 4 rings (SSSR count). The molecule has 0 aliphatic heterocycles. The average Bonchev–Trinajstić information content (AvgIpc) is 3.09. The Balaban J connectivity index is 2.01. The molecule has 5 nitrogen and oxygen atoms in total. The van der Waals surface area contributed by atoms with E-state index in [2.05, 4.69) is 16.3 Å². The molecular weight excluding hydrogens is 252 g/mol. The fraction of sp³-hybridized carbons (Fsp3) is 0.200. The monoisotopic (exact) mass is 266 g/mol. The normalized spacial score (nSPS) is 13.8. The van der Waals surface area contributed by atoms with Crippen LogP contribution in [-0.4, -0.2) is 19.7 Å². The van der Waals surface area contributed by atoms with E-state index in [1.807, 2.05) is 24.4 Å². The summed E-state index contributed by atoms with van der Waals surface area (Å²) in [4.78, 5) is 0. The highest BCUT2D eigenvalue weighted by atomic mass is 16.3. The number of hydrogen-bond donors (Lipinski definition) is 2. The predicted molar refractivity (Wildman–Crippen MR) is 76.5 cm³/mol. The van der Waals surface area contributed by atoms with Crippen molar-refractivity contribution in [2.24, 2.45) is 0 Å². The second-order valence-electron chi connectivity index (χ2n) is 5.12. The van der Waals surface area contributed by atoms with Crippen molar-refractivity contribution < 1.29 is 5.11 Å². The maximum atomic E-state index is 10.5. The first-order chi connectivity index (χ1) is 9.75. The van der Waals surface area contributed by atoms with Gasteiger partial charge in [-0.3, -0.25) is 4.40 Å². The summed E-state index contributed by atoms with van der Waals surface area (Å²) in [6.07, 6.45) is 4.90. The third kappa shape index (κ3) is 1.43. The summed E-state index contributed by atoms with van der Waals surface area (Å²) in [6, 6.07) is 7.82. The number of nitrogens with two attached hydrogens (primary N) is 1. The molecule has 1 aliphatic carbocycles. The SMILES string of the molecule is Nc1nnc(-c2ccc3c(c2O)CCC3)c2cccn12. The van der Waals surface area contributed by atoms with Gasteiger partial charge in [-0.15, -0.1) is 10.2 Å². The summed E-state index contributed by atoms with van der Waals surface area (Å²) in [6.45, 7) is 0. The van der Waals surface area contributed by atoms with E-state index >= 15 is 0 Å². The molecule has 0 atom stereocenters. The average molecular weight is 266 g/mol. The van der Waals surface area contributed by atoms with E-state index in [0.717, 1.165) is 35.9 Å². The Morgan fingerprint density at radius 1 is 1.15 bits per heavy atom. The zero-order valence-corrected chi connectivity index (χ0v) is 10.9. The van der Waals surface area contributed by atoms with Gasteiger partial charge in [-0.05, 0) is 48.6 Å². The molecule has 0 radical (unpaired) electrons. The van der Waals surface area contributed by atoms with Crippen LogP contribution in [0, 0.1) is 0 Å². The largest absolute Gasteiger partial charge is 0.507 e. The molecule has 0 saturated carbocycles. The van der Waals surface area contributed by atoms with Crippen LogP contribution in [0.4, 0.5) is 5.95 Å². The Bertz CT molecular complexity index is 822. The minimum absolute atomic E-state index is 0.335. The quantitative estimate of drug-likeness (QED) is 0.707. The van der Waals surface area contributed by atoms with Crippen LogP contribution in [0.3, 0.4) is 0 Å². The summed E-state index contributed by atoms with van der Waals surface area (Å²) in [5.41, 5.74) is 10.3. The van der Waals surface area contributed by atoms with Crippen LogP contribution in [0.5, 0.6) is 5.75 Å². The third-order valence-electron chi connectivity index (χ3n) is 4.00. The Kier molecular flexibility index (Phi) is 2.24. The van der Waals surface area contributed by atoms with Crippen molar-refractivity contribution in [2.45, 2.75) is 19.3 Å². The van der Waals surface area contributed by atoms with Crippen LogP contribution in [0.2, 0.25) is 0 Å². The van der Waals surface area contributed by atoms with Crippen molar-refractivity contribution in [3.05, 3.63) is 41.6 Å². The molecule has 0 fully saturated rings. The van der Waals surface area contributed by atoms with Gasteiger partial charge in [0.25, 0.3) is 0 Å². The molecule has 0 unspecified atom stereocenters. The molecule has 0 bridgehead atoms. The summed E-state index contributed by atoms with van der Waals surface area (Å²) in [5, 5.41) is 18.7. The second-order valence-corrected chi connectivity index (χ2v) is 5.12. The van der Waals surface area contributed by atoms with E-state index in [1.165, 1.54) is 5.56 Å². The zero-order chi connectivity index (χ0) is 13.7. The van der Waals surface area contributed by atoms with E-state index in [0.29, 0.717) is 17.4 Å². The Hall–Kier alpha value is -2.56. The summed E-state index contributed by atoms with van der Waals surface area (Å²) >= 11 is 0. The molecule has 2 aromatic heterocycles. The van der Waals surface area contributed by atoms with Crippen molar-refractivity contribution in [3.8, 4) is 17.0 Å². The highest BCUT2D eigenvalue weighted by molar-refractivity contribution is 5.82. The maximum absolute atomic E-state index is 10.5. The van der Waals surface area contributed by atoms with Gasteiger partial charge in [0.15, 0.2) is 0 Å². The van der Waals surface area contributed by atoms with Crippen LogP contribution < -0.4 is 5.73 Å². The van der Waals surface area contributed by atoms with Crippen LogP contribution in [0.25, 0.3) is 16.8 Å². The number of phenolic OH excluding ortho intramolecular Hbond substituents is 1. The number of anilines is 1. The van der Waals surface area contributed by atoms with Crippen molar-refractivity contribution in [1.82, 2.24) is 14.6 Å². The maximum Gasteiger partial charge on any atom is 0.225 e. The van der Waals surface area contributed by atoms with Gasteiger partial charge in [0.1, 0.15) is 11.4 Å². The molecule has 2 heterocycles. The lowest BCUT2D eigenvalue weighted by molar-refractivity contribution is 0.471. The van der Waals surface area contributed by atoms with Crippen LogP contribution in [0.15, 0.2) is 30.5 Å². The number of fused-ring (bicyclic) bond motifs is 2. The van der Waals surface area contributed by atoms with Crippen molar-refractivity contribution in [2.75, 3.05) is 5.73 Å². The Labute approximate surface area is 115 Å². The molecule has 3 aromatic rings. The Morgan fingerprint density at radius 3 is 2.95 bits per heavy atom. The molecule has 5 heteroatoms. The van der Waals surface area contributed by atoms with E-state index in [9.17, 15) is 5.11 Å². The van der Waals surface area contributed by atoms with Gasteiger partial charge >= 0.3 is 0 Å². The topological polar surface area (TPSA) is 76.4 Å². The molecule has 20 heavy (non-hydrogen) atoms. The lowest BCUT2D eigenvalue weighted by atomic mass is 10.0. The van der Waals surface area contributed by atoms with Crippen molar-refractivity contribution >= 4 is 11.5 Å². The number of rotatable bonds is 1. The summed E-state index contributed by atoms with van der Waals surface area (Å²) in [5.74, 6) is 0.677. The van der Waals surface area contributed by atoms with Gasteiger partial charge < -0.3 is 10.8 Å². The van der Waals surface area contributed by atoms with Gasteiger partial charge in [0.2, 0.25) is 5.95 Å². The zero-order valence-electron chi connectivity index (χ0n) is 10.9. The highest BCUT2D eigenvalue weighted by Crippen LogP contribution is 2.38. The number of nitrogens with zero attached hydrogens (tertiary/aromatic N) is 3. The third-order valence-corrected chi connectivity index (χ3v) is 4.00. The molecule has 1 aliphatic rings. The first kappa shape index (κ1) is 11.3. The van der Waals surface area contributed by atoms with Gasteiger partial charge in [0.05, 0.1) is 5.52 Å². The van der Waals surface area contributed by atoms with Crippen LogP contribution in [-0.2, 0) is 12.8 Å². The molecule has 100 valence electrons. The molecule has 3 N–H and O–H groups in total. The minimum atomic E-state index is 0.335. The molecule has 1 aromatic carbocycles. The van der Waals surface area contributed by atoms with E-state index < -0.39 is 0 Å². The first-order valence-corrected chi connectivity index (χ1v) is 6.69. The van der Waals surface area contributed by atoms with Gasteiger partial charge in [-0.1, -0.05) is 6.07 Å². The van der Waals surface area contributed by atoms with E-state index in [-0.39, 0.29) is 0 Å². The number of aryl methyl sites for hydroxylation is 1. The number of phenols is 1. The highest BCUT2D eigenvalue weighted by Gasteiger charge is 2.20. The fourth-order valence-corrected chi connectivity index (χ4v) is 3.00. The van der Waals surface area contributed by atoms with Crippen molar-refractivity contribution in [1.29, 1.82) is 0 Å². The van der Waals surface area contributed by atoms with Crippen LogP contribution in [0.1, 0.15) is 17.5 Å². The van der Waals surface area contributed by atoms with Gasteiger partial charge in [0, 0.05) is 11.8 Å². The van der Waals surface area contributed by atoms with Crippen molar-refractivity contribution in [3.63, 3.8) is 0 Å². The second kappa shape index (κ2) is 3.96. The van der Waals surface area contributed by atoms with E-state index in [4.69, 9.17) is 5.73 Å². The predicted octanol–water partition coefficient (Wildman–Crippen LogP) is 2.17. The minimum Gasteiger partial charge on any atom is -0.507 e. The summed E-state index contributed by atoms with van der Waals surface area (Å²) in [7, 11) is 0. The molecule has 0 amide bonds. The number of aromatic nitrogens is 3. The molecule has 0 spiro atoms. The lowest BCUT2D eigenvalue weighted by Gasteiger charge is -2.10. The molecule has 0 saturated heterocycles. The van der Waals surface area contributed by atoms with E-state index in [1.54, 1.807) is 4.40 Å². The number of benzene rings is 1. The standard InChI is InChI=1S/C15H14N4O/c16-15-18-17-13(12-5-2-8-19(12)15)11-7-6-9-3-1-4-10(9)14(11)20/h2,5-8,20H,1,3-4H2,(H2,16,18). The number of nitrogen functional groups attached to an aromatic ring is 1. The number of hydrogen-bond acceptors (Lipinski definition) is 4. The fourth-order valence-electron chi connectivity index (χ4n) is 3.00. The van der Waals surface area contributed by atoms with Crippen LogP contribution >= 0.6 is 0 Å². The Morgan fingerprint density at radius 2 is 2.05 bits per heavy atom. The number of aromatic hydroxyl groups is 1. The smallest absolute Gasteiger partial charge is 0.225 e.